The summed E-state index contributed by atoms with van der Waals surface area (Å²) in [5.41, 5.74) is 3.60. The van der Waals surface area contributed by atoms with E-state index >= 15 is 4.39 Å². The normalized spacial score (nSPS) is 26.2. The van der Waals surface area contributed by atoms with Gasteiger partial charge in [-0.15, -0.1) is 0 Å². The lowest BCUT2D eigenvalue weighted by Gasteiger charge is -2.52. The van der Waals surface area contributed by atoms with Crippen molar-refractivity contribution in [1.82, 2.24) is 10.2 Å². The fraction of sp³-hybridized carbons (Fsp3) is 0.364. The Labute approximate surface area is 244 Å². The second kappa shape index (κ2) is 11.2. The number of nitrogens with zero attached hydrogens (tertiary/aromatic N) is 2. The Balaban J connectivity index is 1.23. The van der Waals surface area contributed by atoms with Crippen LogP contribution in [0.25, 0.3) is 0 Å². The Bertz CT molecular complexity index is 1540. The molecule has 2 aliphatic carbocycles. The highest BCUT2D eigenvalue weighted by Crippen LogP contribution is 2.49. The van der Waals surface area contributed by atoms with Gasteiger partial charge in [0.25, 0.3) is 0 Å². The molecule has 2 heterocycles. The van der Waals surface area contributed by atoms with Crippen LogP contribution in [0.5, 0.6) is 0 Å². The first-order valence-electron chi connectivity index (χ1n) is 14.5. The number of nitriles is 1. The minimum atomic E-state index is -0.965. The van der Waals surface area contributed by atoms with Crippen molar-refractivity contribution in [3.8, 4) is 6.07 Å². The Morgan fingerprint density at radius 2 is 1.98 bits per heavy atom. The van der Waals surface area contributed by atoms with Crippen molar-refractivity contribution < 1.29 is 19.1 Å². The van der Waals surface area contributed by atoms with Crippen LogP contribution in [-0.4, -0.2) is 46.7 Å². The number of hydrogen-bond donors (Lipinski definition) is 4. The number of aryl methyl sites for hydroxylation is 1. The summed E-state index contributed by atoms with van der Waals surface area (Å²) in [7, 11) is 0. The third-order valence-corrected chi connectivity index (χ3v) is 8.74. The molecule has 3 fully saturated rings. The summed E-state index contributed by atoms with van der Waals surface area (Å²) in [4.78, 5) is 27.8. The maximum atomic E-state index is 15.1. The van der Waals surface area contributed by atoms with Crippen molar-refractivity contribution in [2.75, 3.05) is 17.2 Å². The summed E-state index contributed by atoms with van der Waals surface area (Å²) < 4.78 is 15.1. The highest BCUT2D eigenvalue weighted by atomic mass is 19.1. The Hall–Kier alpha value is -4.26. The summed E-state index contributed by atoms with van der Waals surface area (Å²) >= 11 is 0. The van der Waals surface area contributed by atoms with Gasteiger partial charge in [0.2, 0.25) is 5.91 Å². The van der Waals surface area contributed by atoms with Crippen molar-refractivity contribution in [2.24, 2.45) is 5.92 Å². The molecule has 9 heteroatoms. The van der Waals surface area contributed by atoms with Gasteiger partial charge < -0.3 is 20.6 Å². The van der Waals surface area contributed by atoms with E-state index < -0.39 is 35.4 Å². The lowest BCUT2D eigenvalue weighted by atomic mass is 9.68. The van der Waals surface area contributed by atoms with Crippen molar-refractivity contribution in [3.05, 3.63) is 94.9 Å². The average molecular weight is 568 g/mol. The molecule has 0 aromatic heterocycles. The number of halogens is 1. The van der Waals surface area contributed by atoms with Crippen LogP contribution in [0.4, 0.5) is 20.6 Å². The second-order valence-electron chi connectivity index (χ2n) is 11.8. The molecule has 0 radical (unpaired) electrons. The number of aliphatic hydroxyl groups excluding tert-OH is 1. The molecule has 2 aliphatic heterocycles. The summed E-state index contributed by atoms with van der Waals surface area (Å²) in [6.07, 6.45) is 11.0. The second-order valence-corrected chi connectivity index (χ2v) is 11.8. The third-order valence-electron chi connectivity index (χ3n) is 8.74. The highest BCUT2D eigenvalue weighted by Gasteiger charge is 2.49. The number of hydrogen-bond acceptors (Lipinski definition) is 5. The van der Waals surface area contributed by atoms with Crippen LogP contribution in [0.3, 0.4) is 0 Å². The first-order valence-corrected chi connectivity index (χ1v) is 14.5. The van der Waals surface area contributed by atoms with E-state index in [1.165, 1.54) is 23.8 Å². The lowest BCUT2D eigenvalue weighted by Crippen LogP contribution is -2.62. The zero-order chi connectivity index (χ0) is 29.4. The number of likely N-dealkylation sites (tertiary alicyclic amines) is 1. The van der Waals surface area contributed by atoms with E-state index in [-0.39, 0.29) is 24.7 Å². The van der Waals surface area contributed by atoms with E-state index in [1.54, 1.807) is 30.3 Å². The first kappa shape index (κ1) is 27.9. The minimum absolute atomic E-state index is 0.00619. The third kappa shape index (κ3) is 5.48. The monoisotopic (exact) mass is 567 g/mol. The topological polar surface area (TPSA) is 117 Å². The molecule has 42 heavy (non-hydrogen) atoms. The van der Waals surface area contributed by atoms with Gasteiger partial charge in [-0.3, -0.25) is 10.1 Å². The molecule has 0 bridgehead atoms. The van der Waals surface area contributed by atoms with E-state index in [2.05, 4.69) is 22.0 Å². The van der Waals surface area contributed by atoms with Gasteiger partial charge in [0, 0.05) is 24.2 Å². The predicted octanol–water partition coefficient (Wildman–Crippen LogP) is 5.04. The molecule has 2 aromatic rings. The number of rotatable bonds is 7. The smallest absolute Gasteiger partial charge is 0.322 e. The van der Waals surface area contributed by atoms with Crippen LogP contribution >= 0.6 is 0 Å². The zero-order valence-electron chi connectivity index (χ0n) is 23.4. The van der Waals surface area contributed by atoms with Crippen molar-refractivity contribution in [1.29, 1.82) is 5.26 Å². The number of urea groups is 1. The number of benzene rings is 2. The van der Waals surface area contributed by atoms with Gasteiger partial charge in [0.1, 0.15) is 11.9 Å². The summed E-state index contributed by atoms with van der Waals surface area (Å²) in [6, 6.07) is 12.7. The van der Waals surface area contributed by atoms with Gasteiger partial charge in [-0.25, -0.2) is 9.18 Å². The Morgan fingerprint density at radius 3 is 2.71 bits per heavy atom. The molecule has 1 unspecified atom stereocenters. The van der Waals surface area contributed by atoms with Gasteiger partial charge in [-0.05, 0) is 73.2 Å². The zero-order valence-corrected chi connectivity index (χ0v) is 23.4. The maximum Gasteiger partial charge on any atom is 0.322 e. The van der Waals surface area contributed by atoms with Crippen molar-refractivity contribution in [3.63, 3.8) is 0 Å². The molecule has 4 N–H and O–H groups in total. The summed E-state index contributed by atoms with van der Waals surface area (Å²) in [5.74, 6) is -0.470. The van der Waals surface area contributed by atoms with E-state index in [9.17, 15) is 20.0 Å². The maximum absolute atomic E-state index is 15.1. The van der Waals surface area contributed by atoms with Crippen LogP contribution in [-0.2, 0) is 10.3 Å². The van der Waals surface area contributed by atoms with E-state index in [1.807, 2.05) is 37.3 Å². The molecule has 216 valence electrons. The Morgan fingerprint density at radius 1 is 1.19 bits per heavy atom. The first-order chi connectivity index (χ1) is 20.3. The molecular weight excluding hydrogens is 533 g/mol. The SMILES string of the molecule is Cc1ccc(NC(=O)N2C[C@H](O)C[C@@H]2C(=O)Nc2cc(C3(CCC4CC4)N[C@@H]4C=C(C#N)C=CC=C43)ccc2F)cc1. The molecule has 2 aromatic carbocycles. The number of β-amino-alcohol motifs (C(OH)–C–C–N with tert-alkyl or cyclic N) is 1. The van der Waals surface area contributed by atoms with Crippen molar-refractivity contribution in [2.45, 2.75) is 62.8 Å². The van der Waals surface area contributed by atoms with Crippen LogP contribution in [0, 0.1) is 30.0 Å². The molecule has 6 rings (SSSR count). The van der Waals surface area contributed by atoms with E-state index in [0.29, 0.717) is 17.2 Å². The van der Waals surface area contributed by atoms with Gasteiger partial charge in [-0.1, -0.05) is 48.8 Å². The minimum Gasteiger partial charge on any atom is -0.391 e. The predicted molar refractivity (Wildman–Crippen MR) is 158 cm³/mol. The van der Waals surface area contributed by atoms with Crippen LogP contribution in [0.1, 0.15) is 43.2 Å². The summed E-state index contributed by atoms with van der Waals surface area (Å²) in [5, 5.41) is 28.9. The molecule has 3 amide bonds. The van der Waals surface area contributed by atoms with Crippen LogP contribution in [0.15, 0.2) is 77.9 Å². The standard InChI is InChI=1S/C33H34FN5O3/c1-20-5-10-24(11-6-20)36-32(42)39-19-25(40)17-30(39)31(41)37-29-16-23(9-12-27(29)34)33(14-13-21-7-8-21)26-4-2-3-22(18-35)15-28(26)38-33/h2-6,9-12,15-16,21,25,28,30,38,40H,7-8,13-14,17,19H2,1H3,(H,36,42)(H,37,41)/t25-,28-,30-,33?/m1/s1. The average Bonchev–Trinajstić information content (AvgIpc) is 3.74. The number of fused-ring (bicyclic) bond motifs is 1. The molecule has 1 saturated carbocycles. The van der Waals surface area contributed by atoms with Gasteiger partial charge in [-0.2, -0.15) is 5.26 Å². The summed E-state index contributed by atoms with van der Waals surface area (Å²) in [6.45, 7) is 1.94. The largest absolute Gasteiger partial charge is 0.391 e. The molecular formula is C33H34FN5O3. The van der Waals surface area contributed by atoms with Gasteiger partial charge in [0.05, 0.1) is 29.4 Å². The van der Waals surface area contributed by atoms with Crippen molar-refractivity contribution >= 4 is 23.3 Å². The molecule has 0 spiro atoms. The van der Waals surface area contributed by atoms with E-state index in [4.69, 9.17) is 0 Å². The number of anilines is 2. The number of allylic oxidation sites excluding steroid dienone is 4. The quantitative estimate of drug-likeness (QED) is 0.374. The van der Waals surface area contributed by atoms with E-state index in [0.717, 1.165) is 29.5 Å². The number of carbonyl (C=O) groups excluding carboxylic acids is 2. The Kier molecular flexibility index (Phi) is 7.43. The number of aliphatic hydroxyl groups is 1. The van der Waals surface area contributed by atoms with Crippen LogP contribution in [0.2, 0.25) is 0 Å². The van der Waals surface area contributed by atoms with Crippen LogP contribution < -0.4 is 16.0 Å². The molecule has 2 saturated heterocycles. The van der Waals surface area contributed by atoms with Gasteiger partial charge in [0.15, 0.2) is 0 Å². The lowest BCUT2D eigenvalue weighted by molar-refractivity contribution is -0.119. The highest BCUT2D eigenvalue weighted by molar-refractivity contribution is 6.00. The molecule has 4 aliphatic rings. The number of nitrogens with one attached hydrogen (secondary N) is 3. The fourth-order valence-corrected chi connectivity index (χ4v) is 6.22. The van der Waals surface area contributed by atoms with Gasteiger partial charge >= 0.3 is 6.03 Å². The number of carbonyl (C=O) groups is 2. The molecule has 8 nitrogen and oxygen atoms in total. The molecule has 4 atom stereocenters. The number of amides is 3. The fourth-order valence-electron chi connectivity index (χ4n) is 6.22.